The van der Waals surface area contributed by atoms with Crippen LogP contribution in [0.1, 0.15) is 51.7 Å². The fourth-order valence-corrected chi connectivity index (χ4v) is 11.5. The molecule has 0 bridgehead atoms. The van der Waals surface area contributed by atoms with Gasteiger partial charge in [0, 0.05) is 38.2 Å². The van der Waals surface area contributed by atoms with Gasteiger partial charge < -0.3 is 4.57 Å². The summed E-state index contributed by atoms with van der Waals surface area (Å²) in [5, 5.41) is 4.67. The monoisotopic (exact) mass is 901 g/mol. The van der Waals surface area contributed by atoms with Gasteiger partial charge in [-0.3, -0.25) is 4.57 Å². The Morgan fingerprint density at radius 2 is 0.814 bits per heavy atom. The maximum absolute atomic E-state index is 5.35. The van der Waals surface area contributed by atoms with Crippen LogP contribution >= 0.6 is 0 Å². The zero-order valence-electron chi connectivity index (χ0n) is 39.9. The van der Waals surface area contributed by atoms with E-state index in [1.165, 1.54) is 56.1 Å². The summed E-state index contributed by atoms with van der Waals surface area (Å²) in [5.41, 5.74) is 17.7. The summed E-state index contributed by atoms with van der Waals surface area (Å²) in [6, 6.07) is 76.5. The van der Waals surface area contributed by atoms with Crippen molar-refractivity contribution in [1.82, 2.24) is 24.1 Å². The Balaban J connectivity index is 1.05. The molecule has 70 heavy (non-hydrogen) atoms. The second-order valence-electron chi connectivity index (χ2n) is 20.2. The highest BCUT2D eigenvalue weighted by Crippen LogP contribution is 2.51. The van der Waals surface area contributed by atoms with Crippen molar-refractivity contribution in [2.75, 3.05) is 0 Å². The summed E-state index contributed by atoms with van der Waals surface area (Å²) in [4.78, 5) is 15.8. The van der Waals surface area contributed by atoms with E-state index >= 15 is 0 Å². The predicted octanol–water partition coefficient (Wildman–Crippen LogP) is 16.7. The van der Waals surface area contributed by atoms with Gasteiger partial charge in [0.2, 0.25) is 5.95 Å². The Labute approximate surface area is 408 Å². The summed E-state index contributed by atoms with van der Waals surface area (Å²) >= 11 is 0. The molecule has 0 spiro atoms. The first kappa shape index (κ1) is 41.8. The smallest absolute Gasteiger partial charge is 0.238 e. The van der Waals surface area contributed by atoms with Crippen LogP contribution in [0.5, 0.6) is 0 Å². The molecule has 1 aliphatic carbocycles. The summed E-state index contributed by atoms with van der Waals surface area (Å²) in [5.74, 6) is 1.80. The fourth-order valence-electron chi connectivity index (χ4n) is 11.5. The van der Waals surface area contributed by atoms with E-state index in [1.807, 2.05) is 24.3 Å². The predicted molar refractivity (Wildman–Crippen MR) is 291 cm³/mol. The second kappa shape index (κ2) is 16.1. The Kier molecular flexibility index (Phi) is 9.60. The maximum atomic E-state index is 5.35. The molecular formula is C65H51N5. The van der Waals surface area contributed by atoms with Crippen molar-refractivity contribution in [1.29, 1.82) is 0 Å². The van der Waals surface area contributed by atoms with Crippen molar-refractivity contribution in [2.24, 2.45) is 0 Å². The topological polar surface area (TPSA) is 48.5 Å². The van der Waals surface area contributed by atoms with E-state index in [1.54, 1.807) is 0 Å². The van der Waals surface area contributed by atoms with E-state index in [9.17, 15) is 0 Å². The average molecular weight is 902 g/mol. The van der Waals surface area contributed by atoms with E-state index in [0.717, 1.165) is 61.6 Å². The molecule has 0 amide bonds. The van der Waals surface area contributed by atoms with Crippen molar-refractivity contribution >= 4 is 43.6 Å². The van der Waals surface area contributed by atoms with Gasteiger partial charge in [0.15, 0.2) is 11.6 Å². The van der Waals surface area contributed by atoms with Crippen LogP contribution in [0.2, 0.25) is 0 Å². The maximum Gasteiger partial charge on any atom is 0.238 e. The molecule has 1 aliphatic rings. The molecule has 3 heterocycles. The highest BCUT2D eigenvalue weighted by molar-refractivity contribution is 6.19. The van der Waals surface area contributed by atoms with E-state index < -0.39 is 0 Å². The molecule has 5 nitrogen and oxygen atoms in total. The standard InChI is InChI=1S/C65H51N5/c1-64(2)38-39-65(3,4)60-51(29-19-30-54(60)64)47-25-12-11-24-46(47)48-26-13-16-31-55(48)69-56-32-17-14-27-49(56)52-40-53-50-28-15-18-33-57(50)70(59(53)41-58(52)69)63-67-61(44-22-9-6-10-23-44)66-62(68-63)45-36-34-43(35-37-45)42-20-7-5-8-21-42/h5-37,40-41H,38-39H2,1-4H3. The molecule has 0 aliphatic heterocycles. The molecule has 336 valence electrons. The van der Waals surface area contributed by atoms with Gasteiger partial charge >= 0.3 is 0 Å². The minimum Gasteiger partial charge on any atom is -0.309 e. The van der Waals surface area contributed by atoms with Crippen molar-refractivity contribution in [2.45, 2.75) is 51.4 Å². The van der Waals surface area contributed by atoms with Gasteiger partial charge in [0.1, 0.15) is 0 Å². The van der Waals surface area contributed by atoms with Gasteiger partial charge in [0.25, 0.3) is 0 Å². The van der Waals surface area contributed by atoms with Gasteiger partial charge in [-0.2, -0.15) is 9.97 Å². The number of fused-ring (bicyclic) bond motifs is 7. The number of aromatic nitrogens is 5. The third kappa shape index (κ3) is 6.71. The molecule has 0 radical (unpaired) electrons. The van der Waals surface area contributed by atoms with Crippen molar-refractivity contribution in [3.63, 3.8) is 0 Å². The van der Waals surface area contributed by atoms with Crippen LogP contribution in [0.15, 0.2) is 212 Å². The lowest BCUT2D eigenvalue weighted by atomic mass is 9.61. The van der Waals surface area contributed by atoms with Crippen molar-refractivity contribution < 1.29 is 0 Å². The first-order valence-electron chi connectivity index (χ1n) is 24.5. The Hall–Kier alpha value is -8.41. The molecule has 13 rings (SSSR count). The first-order chi connectivity index (χ1) is 34.2. The molecule has 9 aromatic carbocycles. The SMILES string of the molecule is CC1(C)CCC(C)(C)c2c(-c3ccccc3-c3ccccc3-n3c4ccccc4c4cc5c6ccccc6n(-c6nc(-c7ccccc7)nc(-c7ccc(-c8ccccc8)cc7)n6)c5cc43)cccc21. The summed E-state index contributed by atoms with van der Waals surface area (Å²) in [6.07, 6.45) is 2.32. The Morgan fingerprint density at radius 1 is 0.343 bits per heavy atom. The molecular weight excluding hydrogens is 851 g/mol. The van der Waals surface area contributed by atoms with Crippen LogP contribution in [-0.4, -0.2) is 24.1 Å². The average Bonchev–Trinajstić information content (AvgIpc) is 3.91. The summed E-state index contributed by atoms with van der Waals surface area (Å²) in [6.45, 7) is 9.69. The van der Waals surface area contributed by atoms with Crippen LogP contribution in [0, 0.1) is 0 Å². The zero-order valence-corrected chi connectivity index (χ0v) is 39.9. The Morgan fingerprint density at radius 3 is 1.49 bits per heavy atom. The zero-order chi connectivity index (χ0) is 47.1. The molecule has 0 atom stereocenters. The summed E-state index contributed by atoms with van der Waals surface area (Å²) in [7, 11) is 0. The molecule has 0 unspecified atom stereocenters. The summed E-state index contributed by atoms with van der Waals surface area (Å²) < 4.78 is 4.72. The third-order valence-electron chi connectivity index (χ3n) is 15.1. The highest BCUT2D eigenvalue weighted by atomic mass is 15.2. The van der Waals surface area contributed by atoms with Crippen LogP contribution < -0.4 is 0 Å². The van der Waals surface area contributed by atoms with Crippen LogP contribution in [-0.2, 0) is 10.8 Å². The van der Waals surface area contributed by atoms with E-state index in [-0.39, 0.29) is 10.8 Å². The number of hydrogen-bond donors (Lipinski definition) is 0. The quantitative estimate of drug-likeness (QED) is 0.160. The Bertz CT molecular complexity index is 3990. The van der Waals surface area contributed by atoms with Gasteiger partial charge in [-0.25, -0.2) is 4.98 Å². The number of benzene rings is 9. The van der Waals surface area contributed by atoms with Gasteiger partial charge in [0.05, 0.1) is 27.8 Å². The van der Waals surface area contributed by atoms with Gasteiger partial charge in [-0.15, -0.1) is 0 Å². The van der Waals surface area contributed by atoms with Crippen LogP contribution in [0.3, 0.4) is 0 Å². The normalized spacial score (nSPS) is 14.1. The first-order valence-corrected chi connectivity index (χ1v) is 24.5. The fraction of sp³-hybridized carbons (Fsp3) is 0.123. The second-order valence-corrected chi connectivity index (χ2v) is 20.2. The van der Waals surface area contributed by atoms with E-state index in [0.29, 0.717) is 17.6 Å². The largest absolute Gasteiger partial charge is 0.309 e. The highest BCUT2D eigenvalue weighted by Gasteiger charge is 2.39. The number of para-hydroxylation sites is 3. The van der Waals surface area contributed by atoms with Gasteiger partial charge in [-0.05, 0) is 92.9 Å². The van der Waals surface area contributed by atoms with E-state index in [4.69, 9.17) is 15.0 Å². The van der Waals surface area contributed by atoms with Gasteiger partial charge in [-0.1, -0.05) is 210 Å². The lowest BCUT2D eigenvalue weighted by molar-refractivity contribution is 0.333. The molecule has 0 N–H and O–H groups in total. The molecule has 12 aromatic rings. The van der Waals surface area contributed by atoms with E-state index in [2.05, 4.69) is 225 Å². The lowest BCUT2D eigenvalue weighted by Crippen LogP contribution is -2.34. The van der Waals surface area contributed by atoms with Crippen LogP contribution in [0.25, 0.3) is 111 Å². The molecule has 5 heteroatoms. The van der Waals surface area contributed by atoms with Crippen molar-refractivity contribution in [3.8, 4) is 67.8 Å². The number of hydrogen-bond acceptors (Lipinski definition) is 3. The minimum absolute atomic E-state index is 0.0406. The minimum atomic E-state index is 0.0406. The molecule has 3 aromatic heterocycles. The van der Waals surface area contributed by atoms with Crippen LogP contribution in [0.4, 0.5) is 0 Å². The number of rotatable bonds is 7. The molecule has 0 fully saturated rings. The lowest BCUT2D eigenvalue weighted by Gasteiger charge is -2.43. The third-order valence-corrected chi connectivity index (χ3v) is 15.1. The number of nitrogens with zero attached hydrogens (tertiary/aromatic N) is 5. The van der Waals surface area contributed by atoms with Crippen molar-refractivity contribution in [3.05, 3.63) is 223 Å². The molecule has 0 saturated heterocycles. The molecule has 0 saturated carbocycles.